The molecule has 4 rings (SSSR count). The number of rotatable bonds is 9. The molecule has 0 radical (unpaired) electrons. The molecule has 0 N–H and O–H groups in total. The smallest absolute Gasteiger partial charge is 0.178 e. The fourth-order valence-corrected chi connectivity index (χ4v) is 5.68. The maximum atomic E-state index is 12.8. The maximum Gasteiger partial charge on any atom is 0.178 e. The number of benzene rings is 3. The molecule has 42 heavy (non-hydrogen) atoms. The number of halogens is 3. The molecule has 0 bridgehead atoms. The minimum atomic E-state index is -0.474. The molecule has 1 aliphatic rings. The molecule has 3 aromatic rings. The molecule has 1 aliphatic heterocycles. The second-order valence-electron chi connectivity index (χ2n) is 12.1. The first kappa shape index (κ1) is 33.2. The van der Waals surface area contributed by atoms with Crippen LogP contribution < -0.4 is 14.7 Å². The van der Waals surface area contributed by atoms with Crippen LogP contribution in [0.15, 0.2) is 72.8 Å². The number of alkyl halides is 3. The lowest BCUT2D eigenvalue weighted by molar-refractivity contribution is 0.0958. The van der Waals surface area contributed by atoms with Gasteiger partial charge >= 0.3 is 0 Å². The number of anilines is 3. The molecular weight excluding hydrogens is 867 g/mol. The van der Waals surface area contributed by atoms with Crippen molar-refractivity contribution in [1.29, 1.82) is 0 Å². The van der Waals surface area contributed by atoms with Crippen LogP contribution >= 0.6 is 67.8 Å². The van der Waals surface area contributed by atoms with E-state index in [1.165, 1.54) is 0 Å². The third kappa shape index (κ3) is 7.85. The van der Waals surface area contributed by atoms with Gasteiger partial charge in [0.1, 0.15) is 0 Å². The van der Waals surface area contributed by atoms with Gasteiger partial charge in [0, 0.05) is 33.8 Å². The van der Waals surface area contributed by atoms with E-state index in [9.17, 15) is 14.4 Å². The van der Waals surface area contributed by atoms with E-state index in [1.54, 1.807) is 0 Å². The average molecular weight is 903 g/mol. The monoisotopic (exact) mass is 903 g/mol. The number of ketones is 3. The number of hydrogen-bond donors (Lipinski definition) is 0. The average Bonchev–Trinajstić information content (AvgIpc) is 2.94. The summed E-state index contributed by atoms with van der Waals surface area (Å²) in [5.74, 6) is 0.306. The molecule has 1 saturated heterocycles. The predicted octanol–water partition coefficient (Wildman–Crippen LogP) is 8.58. The highest BCUT2D eigenvalue weighted by atomic mass is 127. The van der Waals surface area contributed by atoms with E-state index < -0.39 is 10.3 Å². The Morgan fingerprint density at radius 3 is 0.810 bits per heavy atom. The van der Waals surface area contributed by atoms with Crippen molar-refractivity contribution in [3.63, 3.8) is 0 Å². The van der Waals surface area contributed by atoms with Crippen LogP contribution in [-0.2, 0) is 0 Å². The van der Waals surface area contributed by atoms with Crippen molar-refractivity contribution < 1.29 is 14.4 Å². The Morgan fingerprint density at radius 2 is 0.643 bits per heavy atom. The normalized spacial score (nSPS) is 14.6. The van der Waals surface area contributed by atoms with Gasteiger partial charge in [0.05, 0.1) is 30.3 Å². The first-order valence-electron chi connectivity index (χ1n) is 13.7. The predicted molar refractivity (Wildman–Crippen MR) is 199 cm³/mol. The lowest BCUT2D eigenvalue weighted by Crippen LogP contribution is -2.55. The largest absolute Gasteiger partial charge is 0.336 e. The molecule has 0 amide bonds. The van der Waals surface area contributed by atoms with Gasteiger partial charge < -0.3 is 14.7 Å². The van der Waals surface area contributed by atoms with E-state index in [4.69, 9.17) is 0 Å². The van der Waals surface area contributed by atoms with Crippen molar-refractivity contribution in [3.05, 3.63) is 89.5 Å². The van der Waals surface area contributed by atoms with Gasteiger partial charge in [-0.25, -0.2) is 0 Å². The van der Waals surface area contributed by atoms with Crippen molar-refractivity contribution >= 4 is 102 Å². The Labute approximate surface area is 290 Å². The summed E-state index contributed by atoms with van der Waals surface area (Å²) >= 11 is 6.54. The number of carbonyl (C=O) groups is 3. The zero-order chi connectivity index (χ0) is 31.0. The van der Waals surface area contributed by atoms with E-state index in [-0.39, 0.29) is 17.3 Å². The molecule has 6 nitrogen and oxygen atoms in total. The lowest BCUT2D eigenvalue weighted by atomic mass is 10.0. The quantitative estimate of drug-likeness (QED) is 0.122. The molecule has 0 aromatic heterocycles. The lowest BCUT2D eigenvalue weighted by Gasteiger charge is -2.45. The fraction of sp³-hybridized carbons (Fsp3) is 0.364. The highest BCUT2D eigenvalue weighted by molar-refractivity contribution is 14.1. The summed E-state index contributed by atoms with van der Waals surface area (Å²) in [4.78, 5) is 45.2. The van der Waals surface area contributed by atoms with Crippen LogP contribution in [0.2, 0.25) is 0 Å². The van der Waals surface area contributed by atoms with Gasteiger partial charge in [0.2, 0.25) is 0 Å². The van der Waals surface area contributed by atoms with Crippen molar-refractivity contribution in [2.45, 2.75) is 51.8 Å². The molecule has 1 fully saturated rings. The Kier molecular flexibility index (Phi) is 10.0. The zero-order valence-electron chi connectivity index (χ0n) is 24.7. The Balaban J connectivity index is 1.65. The Hall–Kier alpha value is -1.74. The van der Waals surface area contributed by atoms with E-state index in [0.717, 1.165) is 17.1 Å². The van der Waals surface area contributed by atoms with Gasteiger partial charge in [0.25, 0.3) is 0 Å². The van der Waals surface area contributed by atoms with Crippen molar-refractivity contribution in [2.75, 3.05) is 34.7 Å². The molecule has 0 spiro atoms. The minimum absolute atomic E-state index is 0.102. The Bertz CT molecular complexity index is 1270. The van der Waals surface area contributed by atoms with Crippen molar-refractivity contribution in [3.8, 4) is 0 Å². The maximum absolute atomic E-state index is 12.8. The summed E-state index contributed by atoms with van der Waals surface area (Å²) in [6, 6.07) is 23.4. The summed E-state index contributed by atoms with van der Waals surface area (Å²) in [6.45, 7) is 13.4. The van der Waals surface area contributed by atoms with Crippen LogP contribution in [-0.4, -0.2) is 47.6 Å². The highest BCUT2D eigenvalue weighted by Gasteiger charge is 2.29. The van der Waals surface area contributed by atoms with Crippen LogP contribution in [0.25, 0.3) is 0 Å². The van der Waals surface area contributed by atoms with Crippen LogP contribution in [0.4, 0.5) is 17.1 Å². The van der Waals surface area contributed by atoms with Crippen LogP contribution in [0, 0.1) is 0 Å². The van der Waals surface area contributed by atoms with Crippen LogP contribution in [0.3, 0.4) is 0 Å². The standard InChI is InChI=1S/C33H36I3N3O3/c1-31(2,34)28(40)22-7-13-25(14-8-22)37-19-38(26-15-9-23(10-16-26)29(41)32(3,4)35)21-39(20-37)27-17-11-24(12-18-27)30(42)33(5,6)36/h7-18H,19-21H2,1-6H3. The van der Waals surface area contributed by atoms with Gasteiger partial charge in [-0.2, -0.15) is 0 Å². The van der Waals surface area contributed by atoms with E-state index >= 15 is 0 Å². The highest BCUT2D eigenvalue weighted by Crippen LogP contribution is 2.31. The number of Topliss-reactive ketones (excluding diaryl/α,β-unsaturated/α-hetero) is 3. The molecule has 0 aliphatic carbocycles. The third-order valence-electron chi connectivity index (χ3n) is 7.13. The molecule has 9 heteroatoms. The van der Waals surface area contributed by atoms with Crippen molar-refractivity contribution in [1.82, 2.24) is 0 Å². The van der Waals surface area contributed by atoms with Crippen LogP contribution in [0.1, 0.15) is 72.6 Å². The summed E-state index contributed by atoms with van der Waals surface area (Å²) in [5.41, 5.74) is 5.10. The summed E-state index contributed by atoms with van der Waals surface area (Å²) in [7, 11) is 0. The molecular formula is C33H36I3N3O3. The zero-order valence-corrected chi connectivity index (χ0v) is 31.2. The number of hydrogen-bond acceptors (Lipinski definition) is 6. The topological polar surface area (TPSA) is 60.9 Å². The molecule has 222 valence electrons. The first-order chi connectivity index (χ1) is 19.4. The van der Waals surface area contributed by atoms with E-state index in [0.29, 0.717) is 36.7 Å². The summed E-state index contributed by atoms with van der Waals surface area (Å²) in [6.07, 6.45) is 0. The van der Waals surface area contributed by atoms with Crippen molar-refractivity contribution in [2.24, 2.45) is 0 Å². The second-order valence-corrected chi connectivity index (χ2v) is 20.2. The molecule has 3 aromatic carbocycles. The summed E-state index contributed by atoms with van der Waals surface area (Å²) in [5, 5.41) is 0. The molecule has 0 unspecified atom stereocenters. The first-order valence-corrected chi connectivity index (χ1v) is 16.9. The van der Waals surface area contributed by atoms with Gasteiger partial charge in [-0.3, -0.25) is 14.4 Å². The summed E-state index contributed by atoms with van der Waals surface area (Å²) < 4.78 is -1.42. The molecule has 0 saturated carbocycles. The number of nitrogens with zero attached hydrogens (tertiary/aromatic N) is 3. The van der Waals surface area contributed by atoms with Gasteiger partial charge in [-0.1, -0.05) is 67.8 Å². The van der Waals surface area contributed by atoms with Gasteiger partial charge in [0.15, 0.2) is 17.3 Å². The molecule has 0 atom stereocenters. The SMILES string of the molecule is CC(C)(I)C(=O)c1ccc(N2CN(c3ccc(C(=O)C(C)(C)I)cc3)CN(c3ccc(C(=O)C(C)(C)I)cc3)C2)cc1. The second kappa shape index (κ2) is 12.7. The van der Waals surface area contributed by atoms with Gasteiger partial charge in [-0.15, -0.1) is 0 Å². The van der Waals surface area contributed by atoms with E-state index in [2.05, 4.69) is 82.5 Å². The van der Waals surface area contributed by atoms with E-state index in [1.807, 2.05) is 114 Å². The fourth-order valence-electron chi connectivity index (χ4n) is 4.74. The third-order valence-corrected chi connectivity index (χ3v) is 8.60. The Morgan fingerprint density at radius 1 is 0.452 bits per heavy atom. The number of carbonyl (C=O) groups excluding carboxylic acids is 3. The minimum Gasteiger partial charge on any atom is -0.336 e. The molecule has 1 heterocycles. The van der Waals surface area contributed by atoms with Crippen LogP contribution in [0.5, 0.6) is 0 Å². The van der Waals surface area contributed by atoms with Gasteiger partial charge in [-0.05, 0) is 114 Å².